The highest BCUT2D eigenvalue weighted by Crippen LogP contribution is 2.45. The fourth-order valence-corrected chi connectivity index (χ4v) is 7.83. The van der Waals surface area contributed by atoms with Gasteiger partial charge in [-0.3, -0.25) is 0 Å². The topological polar surface area (TPSA) is 25.8 Å². The zero-order chi connectivity index (χ0) is 22.3. The van der Waals surface area contributed by atoms with E-state index in [-0.39, 0.29) is 0 Å². The first-order valence-electron chi connectivity index (χ1n) is 13.0. The van der Waals surface area contributed by atoms with Crippen LogP contribution >= 0.6 is 22.7 Å². The zero-order valence-electron chi connectivity index (χ0n) is 20.2. The molecule has 0 aromatic carbocycles. The molecule has 4 heteroatoms. The first-order chi connectivity index (χ1) is 15.7. The molecule has 3 aromatic heterocycles. The molecule has 1 aliphatic rings. The van der Waals surface area contributed by atoms with Gasteiger partial charge >= 0.3 is 0 Å². The first kappa shape index (κ1) is 23.9. The predicted molar refractivity (Wildman–Crippen MR) is 142 cm³/mol. The van der Waals surface area contributed by atoms with Crippen LogP contribution in [0.5, 0.6) is 0 Å². The van der Waals surface area contributed by atoms with Crippen molar-refractivity contribution in [2.75, 3.05) is 0 Å². The average Bonchev–Trinajstić information content (AvgIpc) is 3.39. The molecule has 0 aliphatic heterocycles. The summed E-state index contributed by atoms with van der Waals surface area (Å²) in [6.07, 6.45) is 20.5. The van der Waals surface area contributed by atoms with E-state index in [9.17, 15) is 0 Å². The van der Waals surface area contributed by atoms with Gasteiger partial charge in [0.15, 0.2) is 5.82 Å². The third-order valence-electron chi connectivity index (χ3n) is 7.45. The van der Waals surface area contributed by atoms with E-state index < -0.39 is 0 Å². The van der Waals surface area contributed by atoms with Gasteiger partial charge in [0.1, 0.15) is 0 Å². The summed E-state index contributed by atoms with van der Waals surface area (Å²) in [6, 6.07) is 4.77. The molecule has 0 radical (unpaired) electrons. The lowest BCUT2D eigenvalue weighted by molar-refractivity contribution is 0.237. The van der Waals surface area contributed by atoms with Gasteiger partial charge in [-0.25, -0.2) is 9.97 Å². The van der Waals surface area contributed by atoms with Crippen LogP contribution < -0.4 is 0 Å². The Bertz CT molecular complexity index is 916. The summed E-state index contributed by atoms with van der Waals surface area (Å²) in [4.78, 5) is 12.0. The van der Waals surface area contributed by atoms with Gasteiger partial charge in [-0.05, 0) is 54.7 Å². The molecule has 1 fully saturated rings. The van der Waals surface area contributed by atoms with Crippen LogP contribution in [0.15, 0.2) is 24.5 Å². The number of fused-ring (bicyclic) bond motifs is 1. The Morgan fingerprint density at radius 3 is 2.28 bits per heavy atom. The number of hydrogen-bond donors (Lipinski definition) is 0. The third kappa shape index (κ3) is 5.99. The summed E-state index contributed by atoms with van der Waals surface area (Å²) in [7, 11) is 0. The quantitative estimate of drug-likeness (QED) is 0.262. The summed E-state index contributed by atoms with van der Waals surface area (Å²) in [5.41, 5.74) is 1.23. The molecule has 0 bridgehead atoms. The molecule has 1 atom stereocenters. The first-order valence-corrected chi connectivity index (χ1v) is 14.7. The number of nitrogens with zero attached hydrogens (tertiary/aromatic N) is 2. The fourth-order valence-electron chi connectivity index (χ4n) is 5.33. The molecule has 3 aromatic rings. The predicted octanol–water partition coefficient (Wildman–Crippen LogP) is 9.64. The number of rotatable bonds is 11. The Balaban J connectivity index is 1.31. The van der Waals surface area contributed by atoms with Crippen LogP contribution in [0.1, 0.15) is 108 Å². The van der Waals surface area contributed by atoms with Crippen molar-refractivity contribution >= 4 is 32.1 Å². The van der Waals surface area contributed by atoms with Gasteiger partial charge in [0.05, 0.1) is 4.88 Å². The Kier molecular flexibility index (Phi) is 8.76. The second kappa shape index (κ2) is 11.7. The summed E-state index contributed by atoms with van der Waals surface area (Å²) < 4.78 is 2.82. The largest absolute Gasteiger partial charge is 0.236 e. The molecule has 3 heterocycles. The molecule has 32 heavy (non-hydrogen) atoms. The van der Waals surface area contributed by atoms with Crippen molar-refractivity contribution in [3.63, 3.8) is 0 Å². The molecule has 0 saturated heterocycles. The van der Waals surface area contributed by atoms with Crippen LogP contribution in [-0.2, 0) is 6.42 Å². The highest BCUT2D eigenvalue weighted by atomic mass is 32.1. The molecular weight excluding hydrogens is 428 g/mol. The maximum Gasteiger partial charge on any atom is 0.169 e. The Labute approximate surface area is 202 Å². The van der Waals surface area contributed by atoms with Crippen molar-refractivity contribution in [1.82, 2.24) is 9.97 Å². The van der Waals surface area contributed by atoms with Crippen LogP contribution in [0, 0.1) is 11.8 Å². The lowest BCUT2D eigenvalue weighted by Crippen LogP contribution is -2.18. The van der Waals surface area contributed by atoms with Crippen molar-refractivity contribution < 1.29 is 0 Å². The summed E-state index contributed by atoms with van der Waals surface area (Å²) in [6.45, 7) is 6.97. The minimum Gasteiger partial charge on any atom is -0.236 e. The van der Waals surface area contributed by atoms with E-state index >= 15 is 0 Å². The maximum atomic E-state index is 4.62. The molecule has 0 N–H and O–H groups in total. The van der Waals surface area contributed by atoms with Gasteiger partial charge in [-0.1, -0.05) is 78.6 Å². The smallest absolute Gasteiger partial charge is 0.169 e. The monoisotopic (exact) mass is 468 g/mol. The number of unbranched alkanes of at least 4 members (excludes halogenated alkanes) is 4. The maximum absolute atomic E-state index is 4.62. The number of thiophene rings is 2. The molecule has 0 amide bonds. The molecule has 2 nitrogen and oxygen atoms in total. The van der Waals surface area contributed by atoms with Crippen LogP contribution in [-0.4, -0.2) is 9.97 Å². The molecule has 1 unspecified atom stereocenters. The third-order valence-corrected chi connectivity index (χ3v) is 9.94. The summed E-state index contributed by atoms with van der Waals surface area (Å²) in [5.74, 6) is 3.44. The normalized spacial score (nSPS) is 20.1. The Hall–Kier alpha value is -1.26. The minimum absolute atomic E-state index is 0.693. The van der Waals surface area contributed by atoms with E-state index in [1.165, 1.54) is 84.0 Å². The van der Waals surface area contributed by atoms with Crippen molar-refractivity contribution in [2.24, 2.45) is 11.8 Å². The standard InChI is InChI=1S/C28H40N2S2/c1-4-6-7-8-9-11-21-12-14-23(15-13-21)20(3)24-16-25-26(31-24)17-27(32-25)28-29-18-22(10-5-2)19-30-28/h16-21,23H,4-15H2,1-3H3. The van der Waals surface area contributed by atoms with E-state index in [4.69, 9.17) is 0 Å². The van der Waals surface area contributed by atoms with Crippen molar-refractivity contribution in [3.8, 4) is 10.7 Å². The molecule has 4 rings (SSSR count). The minimum atomic E-state index is 0.693. The van der Waals surface area contributed by atoms with Gasteiger partial charge in [0, 0.05) is 26.7 Å². The van der Waals surface area contributed by atoms with E-state index in [2.05, 4.69) is 42.9 Å². The Morgan fingerprint density at radius 2 is 1.59 bits per heavy atom. The van der Waals surface area contributed by atoms with E-state index in [0.29, 0.717) is 5.92 Å². The number of aryl methyl sites for hydroxylation is 1. The Morgan fingerprint density at radius 1 is 0.875 bits per heavy atom. The summed E-state index contributed by atoms with van der Waals surface area (Å²) >= 11 is 3.86. The van der Waals surface area contributed by atoms with Crippen LogP contribution in [0.4, 0.5) is 0 Å². The second-order valence-corrected chi connectivity index (χ2v) is 12.1. The molecule has 1 aliphatic carbocycles. The van der Waals surface area contributed by atoms with E-state index in [0.717, 1.165) is 30.5 Å². The van der Waals surface area contributed by atoms with Crippen LogP contribution in [0.2, 0.25) is 0 Å². The highest BCUT2D eigenvalue weighted by molar-refractivity contribution is 7.29. The van der Waals surface area contributed by atoms with Gasteiger partial charge in [-0.15, -0.1) is 22.7 Å². The van der Waals surface area contributed by atoms with Gasteiger partial charge in [-0.2, -0.15) is 0 Å². The zero-order valence-corrected chi connectivity index (χ0v) is 21.9. The summed E-state index contributed by atoms with van der Waals surface area (Å²) in [5, 5.41) is 0. The molecule has 0 spiro atoms. The van der Waals surface area contributed by atoms with Crippen LogP contribution in [0.3, 0.4) is 0 Å². The lowest BCUT2D eigenvalue weighted by Gasteiger charge is -2.32. The molecule has 174 valence electrons. The van der Waals surface area contributed by atoms with Gasteiger partial charge in [0.25, 0.3) is 0 Å². The number of hydrogen-bond acceptors (Lipinski definition) is 4. The fraction of sp³-hybridized carbons (Fsp3) is 0.643. The molecule has 1 saturated carbocycles. The van der Waals surface area contributed by atoms with E-state index in [1.807, 2.05) is 35.1 Å². The van der Waals surface area contributed by atoms with Crippen molar-refractivity contribution in [1.29, 1.82) is 0 Å². The average molecular weight is 469 g/mol. The van der Waals surface area contributed by atoms with Gasteiger partial charge < -0.3 is 0 Å². The second-order valence-electron chi connectivity index (χ2n) is 9.93. The van der Waals surface area contributed by atoms with E-state index in [1.54, 1.807) is 4.88 Å². The molecular formula is C28H40N2S2. The highest BCUT2D eigenvalue weighted by Gasteiger charge is 2.27. The number of aromatic nitrogens is 2. The van der Waals surface area contributed by atoms with Crippen molar-refractivity contribution in [2.45, 2.75) is 104 Å². The van der Waals surface area contributed by atoms with Gasteiger partial charge in [0.2, 0.25) is 0 Å². The lowest BCUT2D eigenvalue weighted by atomic mass is 9.74. The van der Waals surface area contributed by atoms with Crippen LogP contribution in [0.25, 0.3) is 20.1 Å². The SMILES string of the molecule is CCCCCCCC1CCC(C(C)c2cc3sc(-c4ncc(CCC)cn4)cc3s2)CC1. The van der Waals surface area contributed by atoms with Crippen molar-refractivity contribution in [3.05, 3.63) is 35.0 Å².